The Hall–Kier alpha value is -3.85. The zero-order valence-corrected chi connectivity index (χ0v) is 19.7. The highest BCUT2D eigenvalue weighted by Gasteiger charge is 2.32. The summed E-state index contributed by atoms with van der Waals surface area (Å²) in [5, 5.41) is 2.84. The van der Waals surface area contributed by atoms with Gasteiger partial charge >= 0.3 is 6.36 Å². The van der Waals surface area contributed by atoms with E-state index in [1.807, 2.05) is 29.2 Å². The average molecular weight is 498 g/mol. The fourth-order valence-corrected chi connectivity index (χ4v) is 4.10. The average Bonchev–Trinajstić information content (AvgIpc) is 2.85. The fraction of sp³-hybridized carbons (Fsp3) is 0.259. The maximum atomic E-state index is 12.7. The summed E-state index contributed by atoms with van der Waals surface area (Å²) in [6.45, 7) is 5.44. The summed E-state index contributed by atoms with van der Waals surface area (Å²) < 4.78 is 42.2. The Balaban J connectivity index is 1.35. The number of halogens is 3. The maximum absolute atomic E-state index is 12.7. The SMILES string of the molecule is CC(=O)N1CCN(Cc2ccc(NC(=O)c3ccc(-c4ccccc4OC(F)(F)F)cc3)cc2)CC1. The maximum Gasteiger partial charge on any atom is 0.573 e. The van der Waals surface area contributed by atoms with Crippen LogP contribution in [0.25, 0.3) is 11.1 Å². The zero-order valence-electron chi connectivity index (χ0n) is 19.7. The summed E-state index contributed by atoms with van der Waals surface area (Å²) in [6, 6.07) is 19.7. The van der Waals surface area contributed by atoms with Crippen molar-refractivity contribution in [3.05, 3.63) is 83.9 Å². The van der Waals surface area contributed by atoms with Gasteiger partial charge in [-0.3, -0.25) is 14.5 Å². The molecule has 3 aromatic rings. The number of anilines is 1. The molecule has 4 rings (SSSR count). The molecule has 0 radical (unpaired) electrons. The van der Waals surface area contributed by atoms with E-state index in [1.165, 1.54) is 18.2 Å². The molecule has 9 heteroatoms. The smallest absolute Gasteiger partial charge is 0.405 e. The van der Waals surface area contributed by atoms with Crippen LogP contribution in [-0.4, -0.2) is 54.2 Å². The Kier molecular flexibility index (Phi) is 7.59. The van der Waals surface area contributed by atoms with E-state index in [-0.39, 0.29) is 23.1 Å². The molecule has 188 valence electrons. The number of carbonyl (C=O) groups excluding carboxylic acids is 2. The molecule has 0 saturated carbocycles. The fourth-order valence-electron chi connectivity index (χ4n) is 4.10. The third kappa shape index (κ3) is 6.63. The number of benzene rings is 3. The molecular formula is C27H26F3N3O3. The van der Waals surface area contributed by atoms with Gasteiger partial charge in [-0.2, -0.15) is 0 Å². The summed E-state index contributed by atoms with van der Waals surface area (Å²) in [6.07, 6.45) is -4.80. The van der Waals surface area contributed by atoms with Crippen LogP contribution in [0.15, 0.2) is 72.8 Å². The normalized spacial score (nSPS) is 14.4. The van der Waals surface area contributed by atoms with Crippen molar-refractivity contribution in [1.82, 2.24) is 9.80 Å². The standard InChI is InChI=1S/C27H26F3N3O3/c1-19(34)33-16-14-32(15-17-33)18-20-6-12-23(13-7-20)31-26(35)22-10-8-21(9-11-22)24-4-2-3-5-25(24)36-27(28,29)30/h2-13H,14-18H2,1H3,(H,31,35). The molecule has 0 unspecified atom stereocenters. The third-order valence-corrected chi connectivity index (χ3v) is 6.01. The molecule has 1 N–H and O–H groups in total. The van der Waals surface area contributed by atoms with E-state index in [4.69, 9.17) is 0 Å². The lowest BCUT2D eigenvalue weighted by Crippen LogP contribution is -2.47. The van der Waals surface area contributed by atoms with Gasteiger partial charge in [0.15, 0.2) is 0 Å². The van der Waals surface area contributed by atoms with Crippen LogP contribution in [0.2, 0.25) is 0 Å². The number of rotatable bonds is 6. The summed E-state index contributed by atoms with van der Waals surface area (Å²) in [5.41, 5.74) is 2.90. The van der Waals surface area contributed by atoms with Gasteiger partial charge in [0.1, 0.15) is 5.75 Å². The minimum atomic E-state index is -4.80. The quantitative estimate of drug-likeness (QED) is 0.511. The van der Waals surface area contributed by atoms with Crippen molar-refractivity contribution >= 4 is 17.5 Å². The van der Waals surface area contributed by atoms with Crippen molar-refractivity contribution in [2.75, 3.05) is 31.5 Å². The predicted octanol–water partition coefficient (Wildman–Crippen LogP) is 5.17. The molecule has 1 aliphatic rings. The summed E-state index contributed by atoms with van der Waals surface area (Å²) in [5.74, 6) is -0.526. The first kappa shape index (κ1) is 25.2. The minimum absolute atomic E-state index is 0.102. The van der Waals surface area contributed by atoms with E-state index in [0.29, 0.717) is 16.8 Å². The Labute approximate surface area is 207 Å². The van der Waals surface area contributed by atoms with Gasteiger partial charge in [0.25, 0.3) is 5.91 Å². The van der Waals surface area contributed by atoms with Crippen molar-refractivity contribution < 1.29 is 27.5 Å². The van der Waals surface area contributed by atoms with Crippen molar-refractivity contribution in [3.63, 3.8) is 0 Å². The van der Waals surface area contributed by atoms with E-state index in [9.17, 15) is 22.8 Å². The lowest BCUT2D eigenvalue weighted by Gasteiger charge is -2.34. The molecule has 1 saturated heterocycles. The first-order valence-electron chi connectivity index (χ1n) is 11.5. The van der Waals surface area contributed by atoms with Gasteiger partial charge in [-0.1, -0.05) is 42.5 Å². The van der Waals surface area contributed by atoms with Crippen molar-refractivity contribution in [1.29, 1.82) is 0 Å². The summed E-state index contributed by atoms with van der Waals surface area (Å²) in [7, 11) is 0. The molecule has 0 bridgehead atoms. The van der Waals surface area contributed by atoms with Gasteiger partial charge in [-0.05, 0) is 41.5 Å². The Morgan fingerprint density at radius 2 is 1.53 bits per heavy atom. The van der Waals surface area contributed by atoms with Crippen LogP contribution in [0.3, 0.4) is 0 Å². The molecule has 1 heterocycles. The number of carbonyl (C=O) groups is 2. The first-order valence-corrected chi connectivity index (χ1v) is 11.5. The topological polar surface area (TPSA) is 61.9 Å². The number of hydrogen-bond acceptors (Lipinski definition) is 4. The zero-order chi connectivity index (χ0) is 25.7. The third-order valence-electron chi connectivity index (χ3n) is 6.01. The van der Waals surface area contributed by atoms with Crippen LogP contribution in [-0.2, 0) is 11.3 Å². The Morgan fingerprint density at radius 1 is 0.889 bits per heavy atom. The molecular weight excluding hydrogens is 471 g/mol. The van der Waals surface area contributed by atoms with Gasteiger partial charge in [0.05, 0.1) is 0 Å². The monoisotopic (exact) mass is 497 g/mol. The number of para-hydroxylation sites is 1. The molecule has 1 aliphatic heterocycles. The van der Waals surface area contributed by atoms with E-state index in [2.05, 4.69) is 15.0 Å². The van der Waals surface area contributed by atoms with Crippen LogP contribution in [0.5, 0.6) is 5.75 Å². The molecule has 0 spiro atoms. The van der Waals surface area contributed by atoms with Crippen molar-refractivity contribution in [3.8, 4) is 16.9 Å². The van der Waals surface area contributed by atoms with Crippen molar-refractivity contribution in [2.24, 2.45) is 0 Å². The molecule has 0 aromatic heterocycles. The van der Waals surface area contributed by atoms with Crippen LogP contribution in [0.4, 0.5) is 18.9 Å². The van der Waals surface area contributed by atoms with E-state index < -0.39 is 6.36 Å². The first-order chi connectivity index (χ1) is 17.2. The minimum Gasteiger partial charge on any atom is -0.405 e. The number of piperazine rings is 1. The number of amides is 2. The van der Waals surface area contributed by atoms with Crippen LogP contribution in [0.1, 0.15) is 22.8 Å². The van der Waals surface area contributed by atoms with Crippen molar-refractivity contribution in [2.45, 2.75) is 19.8 Å². The molecule has 2 amide bonds. The molecule has 0 aliphatic carbocycles. The van der Waals surface area contributed by atoms with Gasteiger partial charge in [-0.25, -0.2) is 0 Å². The largest absolute Gasteiger partial charge is 0.573 e. The molecule has 1 fully saturated rings. The molecule has 36 heavy (non-hydrogen) atoms. The second-order valence-corrected chi connectivity index (χ2v) is 8.55. The summed E-state index contributed by atoms with van der Waals surface area (Å²) in [4.78, 5) is 28.3. The summed E-state index contributed by atoms with van der Waals surface area (Å²) >= 11 is 0. The number of nitrogens with one attached hydrogen (secondary N) is 1. The lowest BCUT2D eigenvalue weighted by molar-refractivity contribution is -0.274. The van der Waals surface area contributed by atoms with Gasteiger partial charge in [-0.15, -0.1) is 13.2 Å². The van der Waals surface area contributed by atoms with E-state index in [1.54, 1.807) is 37.3 Å². The van der Waals surface area contributed by atoms with Crippen LogP contribution < -0.4 is 10.1 Å². The number of alkyl halides is 3. The second-order valence-electron chi connectivity index (χ2n) is 8.55. The second kappa shape index (κ2) is 10.8. The highest BCUT2D eigenvalue weighted by Crippen LogP contribution is 2.33. The molecule has 3 aromatic carbocycles. The molecule has 6 nitrogen and oxygen atoms in total. The van der Waals surface area contributed by atoms with Crippen LogP contribution >= 0.6 is 0 Å². The number of nitrogens with zero attached hydrogens (tertiary/aromatic N) is 2. The van der Waals surface area contributed by atoms with Gasteiger partial charge < -0.3 is 15.0 Å². The van der Waals surface area contributed by atoms with E-state index >= 15 is 0 Å². The highest BCUT2D eigenvalue weighted by molar-refractivity contribution is 6.04. The number of ether oxygens (including phenoxy) is 1. The van der Waals surface area contributed by atoms with Gasteiger partial charge in [0, 0.05) is 56.5 Å². The Morgan fingerprint density at radius 3 is 2.14 bits per heavy atom. The van der Waals surface area contributed by atoms with Crippen LogP contribution in [0, 0.1) is 0 Å². The molecule has 0 atom stereocenters. The lowest BCUT2D eigenvalue weighted by atomic mass is 10.0. The number of hydrogen-bond donors (Lipinski definition) is 1. The van der Waals surface area contributed by atoms with Gasteiger partial charge in [0.2, 0.25) is 5.91 Å². The Bertz CT molecular complexity index is 1200. The highest BCUT2D eigenvalue weighted by atomic mass is 19.4. The predicted molar refractivity (Wildman–Crippen MR) is 130 cm³/mol. The van der Waals surface area contributed by atoms with E-state index in [0.717, 1.165) is 38.3 Å².